The number of carbonyl (C=O) groups excluding carboxylic acids is 1. The summed E-state index contributed by atoms with van der Waals surface area (Å²) in [5.74, 6) is 0. The lowest BCUT2D eigenvalue weighted by Crippen LogP contribution is -2.07. The predicted octanol–water partition coefficient (Wildman–Crippen LogP) is 1.67. The monoisotopic (exact) mass is 228 g/mol. The quantitative estimate of drug-likeness (QED) is 0.617. The van der Waals surface area contributed by atoms with Gasteiger partial charge in [0.15, 0.2) is 0 Å². The Bertz CT molecular complexity index is 515. The molecule has 0 aromatic heterocycles. The average molecular weight is 228 g/mol. The molecule has 82 valence electrons. The van der Waals surface area contributed by atoms with Crippen molar-refractivity contribution >= 4 is 16.4 Å². The topological polar surface area (TPSA) is 71.4 Å². The van der Waals surface area contributed by atoms with Crippen LogP contribution < -0.4 is 0 Å². The van der Waals surface area contributed by atoms with Crippen molar-refractivity contribution < 1.29 is 17.8 Å². The van der Waals surface area contributed by atoms with E-state index >= 15 is 0 Å². The summed E-state index contributed by atoms with van der Waals surface area (Å²) in [5.41, 5.74) is 1.71. The molecule has 0 radical (unpaired) electrons. The van der Waals surface area contributed by atoms with Gasteiger partial charge < -0.3 is 0 Å². The molecule has 0 atom stereocenters. The lowest BCUT2D eigenvalue weighted by molar-refractivity contribution is 0.112. The minimum atomic E-state index is -4.28. The Morgan fingerprint density at radius 2 is 1.73 bits per heavy atom. The summed E-state index contributed by atoms with van der Waals surface area (Å²) in [6.45, 7) is 4.79. The second-order valence-corrected chi connectivity index (χ2v) is 4.81. The highest BCUT2D eigenvalue weighted by Crippen LogP contribution is 2.25. The summed E-state index contributed by atoms with van der Waals surface area (Å²) in [4.78, 5) is 10.5. The number of aryl methyl sites for hydroxylation is 1. The minimum Gasteiger partial charge on any atom is -0.298 e. The van der Waals surface area contributed by atoms with Crippen molar-refractivity contribution in [2.24, 2.45) is 0 Å². The molecule has 0 bridgehead atoms. The first-order valence-electron chi connectivity index (χ1n) is 4.32. The maximum Gasteiger partial charge on any atom is 0.295 e. The van der Waals surface area contributed by atoms with Crippen molar-refractivity contribution in [3.8, 4) is 0 Å². The maximum absolute atomic E-state index is 11.1. The number of rotatable bonds is 2. The molecular formula is C10H12O4S. The largest absolute Gasteiger partial charge is 0.298 e. The first kappa shape index (κ1) is 11.9. The highest BCUT2D eigenvalue weighted by atomic mass is 32.2. The van der Waals surface area contributed by atoms with Crippen LogP contribution in [0.15, 0.2) is 11.0 Å². The van der Waals surface area contributed by atoms with Crippen molar-refractivity contribution in [2.45, 2.75) is 25.7 Å². The summed E-state index contributed by atoms with van der Waals surface area (Å²) < 4.78 is 31.3. The van der Waals surface area contributed by atoms with Gasteiger partial charge in [-0.2, -0.15) is 8.42 Å². The number of hydrogen-bond acceptors (Lipinski definition) is 3. The number of aldehydes is 1. The van der Waals surface area contributed by atoms with Gasteiger partial charge >= 0.3 is 0 Å². The molecule has 1 aromatic carbocycles. The molecular weight excluding hydrogens is 216 g/mol. The normalized spacial score (nSPS) is 11.5. The third-order valence-electron chi connectivity index (χ3n) is 2.46. The van der Waals surface area contributed by atoms with Gasteiger partial charge in [-0.1, -0.05) is 0 Å². The number of hydrogen-bond donors (Lipinski definition) is 1. The van der Waals surface area contributed by atoms with Gasteiger partial charge in [0.25, 0.3) is 10.1 Å². The molecule has 5 heteroatoms. The molecule has 0 aliphatic rings. The van der Waals surface area contributed by atoms with Gasteiger partial charge in [0.05, 0.1) is 0 Å². The van der Waals surface area contributed by atoms with Crippen LogP contribution in [0.25, 0.3) is 0 Å². The standard InChI is InChI=1S/C10H12O4S/c1-6-4-9(5-11)8(3)10(7(6)2)15(12,13)14/h4-5H,1-3H3,(H,12,13,14). The van der Waals surface area contributed by atoms with Crippen LogP contribution >= 0.6 is 0 Å². The van der Waals surface area contributed by atoms with Crippen molar-refractivity contribution in [2.75, 3.05) is 0 Å². The van der Waals surface area contributed by atoms with Gasteiger partial charge in [-0.05, 0) is 43.5 Å². The lowest BCUT2D eigenvalue weighted by Gasteiger charge is -2.11. The van der Waals surface area contributed by atoms with Crippen LogP contribution in [0, 0.1) is 20.8 Å². The Kier molecular flexibility index (Phi) is 2.97. The van der Waals surface area contributed by atoms with E-state index in [2.05, 4.69) is 0 Å². The van der Waals surface area contributed by atoms with Gasteiger partial charge in [-0.25, -0.2) is 0 Å². The molecule has 1 rings (SSSR count). The SMILES string of the molecule is Cc1cc(C=O)c(C)c(S(=O)(=O)O)c1C. The van der Waals surface area contributed by atoms with Crippen molar-refractivity contribution in [1.29, 1.82) is 0 Å². The van der Waals surface area contributed by atoms with Gasteiger partial charge in [0.1, 0.15) is 11.2 Å². The number of benzene rings is 1. The second-order valence-electron chi connectivity index (χ2n) is 3.45. The van der Waals surface area contributed by atoms with Gasteiger partial charge in [0.2, 0.25) is 0 Å². The summed E-state index contributed by atoms with van der Waals surface area (Å²) in [6, 6.07) is 1.60. The molecule has 0 aliphatic carbocycles. The van der Waals surface area contributed by atoms with Crippen molar-refractivity contribution in [1.82, 2.24) is 0 Å². The van der Waals surface area contributed by atoms with Crippen LogP contribution in [-0.2, 0) is 10.1 Å². The van der Waals surface area contributed by atoms with Crippen LogP contribution in [0.5, 0.6) is 0 Å². The highest BCUT2D eigenvalue weighted by Gasteiger charge is 2.20. The molecule has 0 unspecified atom stereocenters. The van der Waals surface area contributed by atoms with E-state index in [0.717, 1.165) is 0 Å². The second kappa shape index (κ2) is 3.75. The summed E-state index contributed by atoms with van der Waals surface area (Å²) in [5, 5.41) is 0. The minimum absolute atomic E-state index is 0.162. The maximum atomic E-state index is 11.1. The summed E-state index contributed by atoms with van der Waals surface area (Å²) in [6.07, 6.45) is 0.580. The molecule has 0 amide bonds. The Morgan fingerprint density at radius 3 is 2.13 bits per heavy atom. The predicted molar refractivity (Wildman–Crippen MR) is 55.9 cm³/mol. The zero-order chi connectivity index (χ0) is 11.8. The van der Waals surface area contributed by atoms with Gasteiger partial charge in [-0.3, -0.25) is 9.35 Å². The van der Waals surface area contributed by atoms with Crippen LogP contribution in [-0.4, -0.2) is 19.3 Å². The van der Waals surface area contributed by atoms with E-state index in [-0.39, 0.29) is 16.0 Å². The average Bonchev–Trinajstić information content (AvgIpc) is 2.09. The lowest BCUT2D eigenvalue weighted by atomic mass is 10.0. The Morgan fingerprint density at radius 1 is 1.20 bits per heavy atom. The fourth-order valence-corrected chi connectivity index (χ4v) is 2.60. The van der Waals surface area contributed by atoms with E-state index in [4.69, 9.17) is 4.55 Å². The third-order valence-corrected chi connectivity index (χ3v) is 3.59. The van der Waals surface area contributed by atoms with E-state index in [1.165, 1.54) is 6.92 Å². The molecule has 0 saturated heterocycles. The molecule has 15 heavy (non-hydrogen) atoms. The highest BCUT2D eigenvalue weighted by molar-refractivity contribution is 7.86. The molecule has 0 heterocycles. The van der Waals surface area contributed by atoms with E-state index in [0.29, 0.717) is 17.4 Å². The molecule has 1 aromatic rings. The van der Waals surface area contributed by atoms with Crippen LogP contribution in [0.4, 0.5) is 0 Å². The zero-order valence-electron chi connectivity index (χ0n) is 8.73. The van der Waals surface area contributed by atoms with Crippen molar-refractivity contribution in [3.05, 3.63) is 28.3 Å². The van der Waals surface area contributed by atoms with Crippen molar-refractivity contribution in [3.63, 3.8) is 0 Å². The van der Waals surface area contributed by atoms with Crippen LogP contribution in [0.3, 0.4) is 0 Å². The van der Waals surface area contributed by atoms with E-state index in [9.17, 15) is 13.2 Å². The molecule has 0 saturated carbocycles. The molecule has 0 aliphatic heterocycles. The Balaban J connectivity index is 3.78. The fraction of sp³-hybridized carbons (Fsp3) is 0.300. The van der Waals surface area contributed by atoms with E-state index in [1.807, 2.05) is 0 Å². The number of carbonyl (C=O) groups is 1. The van der Waals surface area contributed by atoms with E-state index in [1.54, 1.807) is 19.9 Å². The Labute approximate surface area is 88.7 Å². The zero-order valence-corrected chi connectivity index (χ0v) is 9.55. The van der Waals surface area contributed by atoms with E-state index < -0.39 is 10.1 Å². The first-order valence-corrected chi connectivity index (χ1v) is 5.76. The van der Waals surface area contributed by atoms with Crippen LogP contribution in [0.1, 0.15) is 27.0 Å². The molecule has 1 N–H and O–H groups in total. The Hall–Kier alpha value is -1.20. The first-order chi connectivity index (χ1) is 6.79. The third kappa shape index (κ3) is 2.08. The molecule has 0 fully saturated rings. The molecule has 4 nitrogen and oxygen atoms in total. The fourth-order valence-electron chi connectivity index (χ4n) is 1.55. The smallest absolute Gasteiger partial charge is 0.295 e. The van der Waals surface area contributed by atoms with Gasteiger partial charge in [-0.15, -0.1) is 0 Å². The van der Waals surface area contributed by atoms with Gasteiger partial charge in [0, 0.05) is 5.56 Å². The summed E-state index contributed by atoms with van der Waals surface area (Å²) >= 11 is 0. The van der Waals surface area contributed by atoms with Crippen LogP contribution in [0.2, 0.25) is 0 Å². The molecule has 0 spiro atoms. The summed E-state index contributed by atoms with van der Waals surface area (Å²) in [7, 11) is -4.28.